The van der Waals surface area contributed by atoms with Crippen LogP contribution in [0.15, 0.2) is 0 Å². The average Bonchev–Trinajstić information content (AvgIpc) is 2.45. The highest BCUT2D eigenvalue weighted by atomic mass is 35.5. The molecule has 0 aliphatic carbocycles. The van der Waals surface area contributed by atoms with E-state index in [2.05, 4.69) is 0 Å². The highest BCUT2D eigenvalue weighted by molar-refractivity contribution is 7.18. The summed E-state index contributed by atoms with van der Waals surface area (Å²) in [4.78, 5) is 10.8. The van der Waals surface area contributed by atoms with Gasteiger partial charge < -0.3 is 14.6 Å². The van der Waals surface area contributed by atoms with Crippen LogP contribution in [-0.2, 0) is 0 Å². The summed E-state index contributed by atoms with van der Waals surface area (Å²) < 4.78 is 10.7. The van der Waals surface area contributed by atoms with Gasteiger partial charge in [-0.1, -0.05) is 11.6 Å². The van der Waals surface area contributed by atoms with Gasteiger partial charge in [0.1, 0.15) is 17.6 Å². The first-order valence-electron chi connectivity index (χ1n) is 3.51. The molecule has 0 unspecified atom stereocenters. The highest BCUT2D eigenvalue weighted by Crippen LogP contribution is 2.46. The largest absolute Gasteiger partial charge is 0.484 e. The van der Waals surface area contributed by atoms with Gasteiger partial charge in [-0.05, 0) is 0 Å². The average molecular weight is 221 g/mol. The second-order valence-corrected chi connectivity index (χ2v) is 3.99. The van der Waals surface area contributed by atoms with Gasteiger partial charge in [0.05, 0.1) is 0 Å². The number of fused-ring (bicyclic) bond motifs is 1. The third kappa shape index (κ3) is 1.34. The summed E-state index contributed by atoms with van der Waals surface area (Å²) in [6, 6.07) is 0. The number of carboxylic acids is 1. The molecule has 0 aromatic carbocycles. The van der Waals surface area contributed by atoms with Crippen molar-refractivity contribution >= 4 is 28.9 Å². The van der Waals surface area contributed by atoms with E-state index in [0.717, 1.165) is 11.3 Å². The number of hydrogen-bond donors (Lipinski definition) is 1. The molecule has 6 heteroatoms. The Morgan fingerprint density at radius 2 is 2.00 bits per heavy atom. The molecule has 4 nitrogen and oxygen atoms in total. The summed E-state index contributed by atoms with van der Waals surface area (Å²) in [6.45, 7) is 0.767. The fourth-order valence-corrected chi connectivity index (χ4v) is 2.18. The maximum atomic E-state index is 10.7. The van der Waals surface area contributed by atoms with Crippen LogP contribution in [0, 0.1) is 0 Å². The lowest BCUT2D eigenvalue weighted by atomic mass is 10.4. The van der Waals surface area contributed by atoms with Crippen molar-refractivity contribution in [1.82, 2.24) is 0 Å². The van der Waals surface area contributed by atoms with Crippen molar-refractivity contribution < 1.29 is 19.4 Å². The van der Waals surface area contributed by atoms with Crippen LogP contribution in [0.2, 0.25) is 4.34 Å². The molecule has 0 spiro atoms. The SMILES string of the molecule is O=C(O)c1sc(Cl)c2c1OCCO2. The minimum Gasteiger partial charge on any atom is -0.484 e. The molecule has 0 bridgehead atoms. The molecule has 13 heavy (non-hydrogen) atoms. The molecule has 1 N–H and O–H groups in total. The van der Waals surface area contributed by atoms with E-state index < -0.39 is 5.97 Å². The number of carboxylic acid groups (broad SMARTS) is 1. The monoisotopic (exact) mass is 220 g/mol. The predicted octanol–water partition coefficient (Wildman–Crippen LogP) is 1.87. The van der Waals surface area contributed by atoms with Crippen molar-refractivity contribution in [3.63, 3.8) is 0 Å². The highest BCUT2D eigenvalue weighted by Gasteiger charge is 2.26. The molecule has 1 aliphatic rings. The number of ether oxygens (including phenoxy) is 2. The third-order valence-corrected chi connectivity index (χ3v) is 2.88. The summed E-state index contributed by atoms with van der Waals surface area (Å²) in [5.74, 6) is -0.428. The van der Waals surface area contributed by atoms with E-state index in [1.165, 1.54) is 0 Å². The van der Waals surface area contributed by atoms with Crippen LogP contribution in [-0.4, -0.2) is 24.3 Å². The Morgan fingerprint density at radius 3 is 2.62 bits per heavy atom. The number of rotatable bonds is 1. The first kappa shape index (κ1) is 8.65. The molecule has 0 fully saturated rings. The van der Waals surface area contributed by atoms with Gasteiger partial charge in [-0.15, -0.1) is 11.3 Å². The second kappa shape index (κ2) is 3.08. The number of thiophene rings is 1. The number of hydrogen-bond acceptors (Lipinski definition) is 4. The molecule has 1 aliphatic heterocycles. The molecule has 2 heterocycles. The molecule has 0 saturated carbocycles. The van der Waals surface area contributed by atoms with Gasteiger partial charge in [-0.2, -0.15) is 0 Å². The molecule has 0 saturated heterocycles. The third-order valence-electron chi connectivity index (χ3n) is 1.55. The van der Waals surface area contributed by atoms with E-state index in [1.54, 1.807) is 0 Å². The zero-order chi connectivity index (χ0) is 9.42. The van der Waals surface area contributed by atoms with E-state index in [4.69, 9.17) is 26.2 Å². The van der Waals surface area contributed by atoms with Crippen LogP contribution in [0.5, 0.6) is 11.5 Å². The van der Waals surface area contributed by atoms with Crippen molar-refractivity contribution in [2.45, 2.75) is 0 Å². The van der Waals surface area contributed by atoms with Gasteiger partial charge in [0, 0.05) is 0 Å². The van der Waals surface area contributed by atoms with Crippen molar-refractivity contribution in [1.29, 1.82) is 0 Å². The minimum absolute atomic E-state index is 0.0969. The maximum absolute atomic E-state index is 10.7. The first-order chi connectivity index (χ1) is 6.20. The molecular formula is C7H5ClO4S. The Hall–Kier alpha value is -0.940. The predicted molar refractivity (Wildman–Crippen MR) is 47.3 cm³/mol. The van der Waals surface area contributed by atoms with Crippen LogP contribution in [0.3, 0.4) is 0 Å². The van der Waals surface area contributed by atoms with E-state index in [1.807, 2.05) is 0 Å². The molecule has 1 aromatic heterocycles. The quantitative estimate of drug-likeness (QED) is 0.785. The molecule has 0 radical (unpaired) electrons. The first-order valence-corrected chi connectivity index (χ1v) is 4.71. The summed E-state index contributed by atoms with van der Waals surface area (Å²) >= 11 is 6.71. The Kier molecular flexibility index (Phi) is 2.05. The Bertz CT molecular complexity index is 360. The maximum Gasteiger partial charge on any atom is 0.349 e. The number of halogens is 1. The summed E-state index contributed by atoms with van der Waals surface area (Å²) in [5, 5.41) is 8.77. The van der Waals surface area contributed by atoms with Crippen molar-refractivity contribution in [2.24, 2.45) is 0 Å². The lowest BCUT2D eigenvalue weighted by molar-refractivity contribution is 0.0693. The van der Waals surface area contributed by atoms with Crippen LogP contribution in [0.4, 0.5) is 0 Å². The molecule has 1 aromatic rings. The van der Waals surface area contributed by atoms with Gasteiger partial charge >= 0.3 is 5.97 Å². The lowest BCUT2D eigenvalue weighted by Crippen LogP contribution is -2.15. The standard InChI is InChI=1S/C7H5ClO4S/c8-6-4-3(11-1-2-12-4)5(13-6)7(9)10/h1-2H2,(H,9,10). The van der Waals surface area contributed by atoms with E-state index in [-0.39, 0.29) is 10.6 Å². The molecule has 2 rings (SSSR count). The fourth-order valence-electron chi connectivity index (χ4n) is 1.06. The number of carbonyl (C=O) groups is 1. The van der Waals surface area contributed by atoms with Crippen molar-refractivity contribution in [3.8, 4) is 11.5 Å². The van der Waals surface area contributed by atoms with Gasteiger partial charge in [-0.25, -0.2) is 4.79 Å². The lowest BCUT2D eigenvalue weighted by Gasteiger charge is -2.15. The second-order valence-electron chi connectivity index (χ2n) is 2.37. The van der Waals surface area contributed by atoms with Crippen LogP contribution in [0.25, 0.3) is 0 Å². The van der Waals surface area contributed by atoms with Crippen LogP contribution < -0.4 is 9.47 Å². The van der Waals surface area contributed by atoms with Crippen molar-refractivity contribution in [2.75, 3.05) is 13.2 Å². The topological polar surface area (TPSA) is 55.8 Å². The molecule has 0 amide bonds. The smallest absolute Gasteiger partial charge is 0.349 e. The Morgan fingerprint density at radius 1 is 1.38 bits per heavy atom. The zero-order valence-electron chi connectivity index (χ0n) is 6.37. The summed E-state index contributed by atoms with van der Waals surface area (Å²) in [7, 11) is 0. The molecule has 0 atom stereocenters. The summed E-state index contributed by atoms with van der Waals surface area (Å²) in [6.07, 6.45) is 0. The molecule has 70 valence electrons. The van der Waals surface area contributed by atoms with Gasteiger partial charge in [-0.3, -0.25) is 0 Å². The van der Waals surface area contributed by atoms with E-state index >= 15 is 0 Å². The van der Waals surface area contributed by atoms with E-state index in [9.17, 15) is 4.79 Å². The Labute approximate surface area is 82.6 Å². The molecular weight excluding hydrogens is 216 g/mol. The fraction of sp³-hybridized carbons (Fsp3) is 0.286. The van der Waals surface area contributed by atoms with Gasteiger partial charge in [0.25, 0.3) is 0 Å². The van der Waals surface area contributed by atoms with E-state index in [0.29, 0.717) is 23.3 Å². The van der Waals surface area contributed by atoms with Crippen molar-refractivity contribution in [3.05, 3.63) is 9.21 Å². The van der Waals surface area contributed by atoms with Gasteiger partial charge in [0.2, 0.25) is 0 Å². The minimum atomic E-state index is -1.04. The normalized spacial score (nSPS) is 14.2. The summed E-state index contributed by atoms with van der Waals surface area (Å²) in [5.41, 5.74) is 0. The number of aromatic carboxylic acids is 1. The zero-order valence-corrected chi connectivity index (χ0v) is 7.94. The van der Waals surface area contributed by atoms with Gasteiger partial charge in [0.15, 0.2) is 16.4 Å². The van der Waals surface area contributed by atoms with Crippen LogP contribution >= 0.6 is 22.9 Å². The van der Waals surface area contributed by atoms with Crippen LogP contribution in [0.1, 0.15) is 9.67 Å². The Balaban J connectivity index is 2.53.